The Morgan fingerprint density at radius 3 is 2.35 bits per heavy atom. The van der Waals surface area contributed by atoms with E-state index >= 15 is 0 Å². The highest BCUT2D eigenvalue weighted by molar-refractivity contribution is 7.17. The average molecular weight is 453 g/mol. The van der Waals surface area contributed by atoms with E-state index in [0.29, 0.717) is 24.4 Å². The summed E-state index contributed by atoms with van der Waals surface area (Å²) >= 11 is 1.08. The fraction of sp³-hybridized carbons (Fsp3) is 0.478. The van der Waals surface area contributed by atoms with Crippen LogP contribution in [-0.4, -0.2) is 18.0 Å². The van der Waals surface area contributed by atoms with Crippen molar-refractivity contribution in [1.29, 1.82) is 0 Å². The Hall–Kier alpha value is -2.35. The number of nitrogens with one attached hydrogen (secondary N) is 2. The second-order valence-electron chi connectivity index (χ2n) is 9.24. The summed E-state index contributed by atoms with van der Waals surface area (Å²) in [6.07, 6.45) is -2.93. The number of benzene rings is 1. The zero-order valence-corrected chi connectivity index (χ0v) is 19.1. The number of carbonyl (C=O) groups is 2. The van der Waals surface area contributed by atoms with E-state index in [9.17, 15) is 22.8 Å². The van der Waals surface area contributed by atoms with Gasteiger partial charge in [-0.15, -0.1) is 11.3 Å². The van der Waals surface area contributed by atoms with Gasteiger partial charge in [0.1, 0.15) is 5.00 Å². The SMILES string of the molecule is Cc1ccc(NC(=O)c2c(NC(=O)C(F)(F)F)sc3c2CCC(C(C)(C)C)C3)c(C)c1. The van der Waals surface area contributed by atoms with E-state index < -0.39 is 18.0 Å². The lowest BCUT2D eigenvalue weighted by atomic mass is 9.72. The predicted molar refractivity (Wildman–Crippen MR) is 118 cm³/mol. The quantitative estimate of drug-likeness (QED) is 0.577. The van der Waals surface area contributed by atoms with Crippen molar-refractivity contribution >= 4 is 33.8 Å². The molecule has 2 amide bonds. The van der Waals surface area contributed by atoms with E-state index in [1.807, 2.05) is 31.3 Å². The molecule has 2 N–H and O–H groups in total. The number of amides is 2. The van der Waals surface area contributed by atoms with Crippen LogP contribution in [-0.2, 0) is 17.6 Å². The minimum absolute atomic E-state index is 0.0378. The molecule has 4 nitrogen and oxygen atoms in total. The molecule has 0 aliphatic heterocycles. The number of alkyl halides is 3. The molecule has 0 saturated carbocycles. The van der Waals surface area contributed by atoms with E-state index in [2.05, 4.69) is 26.1 Å². The van der Waals surface area contributed by atoms with Crippen molar-refractivity contribution in [2.45, 2.75) is 60.1 Å². The van der Waals surface area contributed by atoms with Crippen LogP contribution in [0, 0.1) is 25.2 Å². The number of hydrogen-bond donors (Lipinski definition) is 2. The standard InChI is InChI=1S/C23H27F3N2O2S/c1-12-6-9-16(13(2)10-12)27-19(29)18-15-8-7-14(22(3,4)5)11-17(15)31-20(18)28-21(30)23(24,25)26/h6,9-10,14H,7-8,11H2,1-5H3,(H,27,29)(H,28,30). The van der Waals surface area contributed by atoms with Crippen LogP contribution in [0.15, 0.2) is 18.2 Å². The van der Waals surface area contributed by atoms with Crippen LogP contribution in [0.2, 0.25) is 0 Å². The van der Waals surface area contributed by atoms with Crippen LogP contribution < -0.4 is 10.6 Å². The first-order chi connectivity index (χ1) is 14.3. The largest absolute Gasteiger partial charge is 0.471 e. The van der Waals surface area contributed by atoms with Crippen molar-refractivity contribution in [3.8, 4) is 0 Å². The Kier molecular flexibility index (Phi) is 6.24. The number of rotatable bonds is 3. The highest BCUT2D eigenvalue weighted by Gasteiger charge is 2.41. The minimum atomic E-state index is -5.03. The number of carbonyl (C=O) groups excluding carboxylic acids is 2. The molecule has 1 unspecified atom stereocenters. The Morgan fingerprint density at radius 2 is 1.77 bits per heavy atom. The summed E-state index contributed by atoms with van der Waals surface area (Å²) in [5.41, 5.74) is 3.40. The Morgan fingerprint density at radius 1 is 1.10 bits per heavy atom. The van der Waals surface area contributed by atoms with Crippen molar-refractivity contribution in [1.82, 2.24) is 0 Å². The molecule has 0 saturated heterocycles. The summed E-state index contributed by atoms with van der Waals surface area (Å²) < 4.78 is 38.7. The zero-order chi connectivity index (χ0) is 23.1. The van der Waals surface area contributed by atoms with Gasteiger partial charge in [-0.05, 0) is 61.6 Å². The van der Waals surface area contributed by atoms with Gasteiger partial charge in [-0.3, -0.25) is 9.59 Å². The molecule has 0 radical (unpaired) electrons. The molecule has 2 aromatic rings. The first-order valence-corrected chi connectivity index (χ1v) is 11.0. The number of halogens is 3. The van der Waals surface area contributed by atoms with Gasteiger partial charge in [0.15, 0.2) is 0 Å². The third-order valence-electron chi connectivity index (χ3n) is 5.83. The molecule has 0 spiro atoms. The van der Waals surface area contributed by atoms with E-state index in [1.165, 1.54) is 0 Å². The molecular weight excluding hydrogens is 425 g/mol. The molecule has 1 aliphatic rings. The number of aryl methyl sites for hydroxylation is 2. The summed E-state index contributed by atoms with van der Waals surface area (Å²) in [5, 5.41) is 4.73. The van der Waals surface area contributed by atoms with Crippen LogP contribution in [0.5, 0.6) is 0 Å². The molecular formula is C23H27F3N2O2S. The number of anilines is 2. The van der Waals surface area contributed by atoms with Gasteiger partial charge < -0.3 is 10.6 Å². The average Bonchev–Trinajstić information content (AvgIpc) is 2.99. The second kappa shape index (κ2) is 8.30. The van der Waals surface area contributed by atoms with Crippen LogP contribution >= 0.6 is 11.3 Å². The lowest BCUT2D eigenvalue weighted by Gasteiger charge is -2.33. The normalized spacial score (nSPS) is 16.6. The smallest absolute Gasteiger partial charge is 0.322 e. The molecule has 8 heteroatoms. The van der Waals surface area contributed by atoms with E-state index in [0.717, 1.165) is 39.3 Å². The summed E-state index contributed by atoms with van der Waals surface area (Å²) in [5.74, 6) is -2.23. The summed E-state index contributed by atoms with van der Waals surface area (Å²) in [6.45, 7) is 10.2. The highest BCUT2D eigenvalue weighted by atomic mass is 32.1. The lowest BCUT2D eigenvalue weighted by molar-refractivity contribution is -0.167. The summed E-state index contributed by atoms with van der Waals surface area (Å²) in [6, 6.07) is 5.54. The summed E-state index contributed by atoms with van der Waals surface area (Å²) in [7, 11) is 0. The molecule has 0 bridgehead atoms. The molecule has 1 atom stereocenters. The van der Waals surface area contributed by atoms with Gasteiger partial charge in [-0.1, -0.05) is 38.5 Å². The van der Waals surface area contributed by atoms with Crippen molar-refractivity contribution in [3.63, 3.8) is 0 Å². The van der Waals surface area contributed by atoms with Gasteiger partial charge in [0.25, 0.3) is 5.91 Å². The lowest BCUT2D eigenvalue weighted by Crippen LogP contribution is -2.30. The van der Waals surface area contributed by atoms with Crippen molar-refractivity contribution in [2.24, 2.45) is 11.3 Å². The van der Waals surface area contributed by atoms with Gasteiger partial charge in [0, 0.05) is 10.6 Å². The Labute approximate surface area is 184 Å². The maximum Gasteiger partial charge on any atom is 0.471 e. The maximum absolute atomic E-state index is 13.2. The predicted octanol–water partition coefficient (Wildman–Crippen LogP) is 6.27. The van der Waals surface area contributed by atoms with Crippen LogP contribution in [0.25, 0.3) is 0 Å². The van der Waals surface area contributed by atoms with Crippen LogP contribution in [0.1, 0.15) is 59.1 Å². The van der Waals surface area contributed by atoms with E-state index in [-0.39, 0.29) is 16.0 Å². The number of thiophene rings is 1. The molecule has 1 aromatic carbocycles. The molecule has 3 rings (SSSR count). The minimum Gasteiger partial charge on any atom is -0.322 e. The fourth-order valence-electron chi connectivity index (χ4n) is 3.97. The first kappa shape index (κ1) is 23.3. The maximum atomic E-state index is 13.2. The molecule has 1 heterocycles. The second-order valence-corrected chi connectivity index (χ2v) is 10.3. The van der Waals surface area contributed by atoms with Gasteiger partial charge in [0.2, 0.25) is 0 Å². The third-order valence-corrected chi connectivity index (χ3v) is 7.00. The van der Waals surface area contributed by atoms with Crippen molar-refractivity contribution < 1.29 is 22.8 Å². The van der Waals surface area contributed by atoms with Gasteiger partial charge in [-0.25, -0.2) is 0 Å². The first-order valence-electron chi connectivity index (χ1n) is 10.2. The van der Waals surface area contributed by atoms with Gasteiger partial charge in [0.05, 0.1) is 5.56 Å². The Bertz CT molecular complexity index is 1020. The van der Waals surface area contributed by atoms with Gasteiger partial charge in [-0.2, -0.15) is 13.2 Å². The van der Waals surface area contributed by atoms with Crippen LogP contribution in [0.3, 0.4) is 0 Å². The van der Waals surface area contributed by atoms with Crippen molar-refractivity contribution in [3.05, 3.63) is 45.3 Å². The molecule has 31 heavy (non-hydrogen) atoms. The topological polar surface area (TPSA) is 58.2 Å². The fourth-order valence-corrected chi connectivity index (χ4v) is 5.29. The van der Waals surface area contributed by atoms with E-state index in [4.69, 9.17) is 0 Å². The zero-order valence-electron chi connectivity index (χ0n) is 18.3. The van der Waals surface area contributed by atoms with Gasteiger partial charge >= 0.3 is 12.1 Å². The third kappa shape index (κ3) is 5.11. The van der Waals surface area contributed by atoms with Crippen LogP contribution in [0.4, 0.5) is 23.9 Å². The van der Waals surface area contributed by atoms with Crippen molar-refractivity contribution in [2.75, 3.05) is 10.6 Å². The molecule has 1 aliphatic carbocycles. The highest BCUT2D eigenvalue weighted by Crippen LogP contribution is 2.44. The Balaban J connectivity index is 1.99. The molecule has 1 aromatic heterocycles. The molecule has 0 fully saturated rings. The summed E-state index contributed by atoms with van der Waals surface area (Å²) in [4.78, 5) is 25.7. The monoisotopic (exact) mass is 452 g/mol. The molecule has 168 valence electrons. The number of hydrogen-bond acceptors (Lipinski definition) is 3. The van der Waals surface area contributed by atoms with E-state index in [1.54, 1.807) is 6.07 Å². The number of fused-ring (bicyclic) bond motifs is 1.